The summed E-state index contributed by atoms with van der Waals surface area (Å²) in [6.45, 7) is 1.71. The molecular weight excluding hydrogens is 508 g/mol. The number of amides is 1. The average Bonchev–Trinajstić information content (AvgIpc) is 2.79. The van der Waals surface area contributed by atoms with E-state index in [2.05, 4.69) is 21.2 Å². The predicted octanol–water partition coefficient (Wildman–Crippen LogP) is 5.24. The van der Waals surface area contributed by atoms with E-state index in [0.717, 1.165) is 20.5 Å². The maximum absolute atomic E-state index is 13.3. The van der Waals surface area contributed by atoms with Gasteiger partial charge in [0.25, 0.3) is 0 Å². The number of hydrogen-bond donors (Lipinski definition) is 1. The molecule has 1 amide bonds. The fourth-order valence-corrected chi connectivity index (χ4v) is 5.25. The van der Waals surface area contributed by atoms with Crippen molar-refractivity contribution in [2.75, 3.05) is 12.8 Å². The van der Waals surface area contributed by atoms with E-state index in [1.807, 2.05) is 67.8 Å². The molecule has 1 unspecified atom stereocenters. The van der Waals surface area contributed by atoms with E-state index in [9.17, 15) is 13.2 Å². The molecule has 8 heteroatoms. The Hall–Kier alpha value is -2.13. The number of nitrogens with one attached hydrogen (secondary N) is 1. The Bertz CT molecular complexity index is 1140. The molecule has 5 nitrogen and oxygen atoms in total. The number of carbonyl (C=O) groups is 1. The van der Waals surface area contributed by atoms with Crippen molar-refractivity contribution in [1.82, 2.24) is 9.62 Å². The Morgan fingerprint density at radius 3 is 2.22 bits per heavy atom. The van der Waals surface area contributed by atoms with Crippen LogP contribution in [0.25, 0.3) is 0 Å². The molecule has 0 fully saturated rings. The van der Waals surface area contributed by atoms with Crippen LogP contribution in [-0.4, -0.2) is 31.4 Å². The zero-order valence-corrected chi connectivity index (χ0v) is 21.1. The van der Waals surface area contributed by atoms with E-state index in [0.29, 0.717) is 0 Å². The minimum Gasteiger partial charge on any atom is -0.348 e. The molecule has 0 aliphatic heterocycles. The van der Waals surface area contributed by atoms with Gasteiger partial charge < -0.3 is 5.32 Å². The van der Waals surface area contributed by atoms with Gasteiger partial charge >= 0.3 is 0 Å². The molecule has 168 valence electrons. The highest BCUT2D eigenvalue weighted by Gasteiger charge is 2.27. The van der Waals surface area contributed by atoms with Crippen molar-refractivity contribution in [3.8, 4) is 0 Å². The van der Waals surface area contributed by atoms with Crippen molar-refractivity contribution in [1.29, 1.82) is 0 Å². The normalized spacial score (nSPS) is 12.5. The largest absolute Gasteiger partial charge is 0.348 e. The van der Waals surface area contributed by atoms with Crippen molar-refractivity contribution in [2.24, 2.45) is 0 Å². The topological polar surface area (TPSA) is 66.5 Å². The highest BCUT2D eigenvalue weighted by Crippen LogP contribution is 2.22. The molecule has 0 saturated heterocycles. The second-order valence-corrected chi connectivity index (χ2v) is 11.0. The second kappa shape index (κ2) is 11.1. The van der Waals surface area contributed by atoms with Crippen LogP contribution in [0.15, 0.2) is 93.1 Å². The van der Waals surface area contributed by atoms with Crippen LogP contribution in [0, 0.1) is 0 Å². The van der Waals surface area contributed by atoms with Crippen LogP contribution in [0.2, 0.25) is 0 Å². The lowest BCUT2D eigenvalue weighted by atomic mass is 10.1. The first kappa shape index (κ1) is 24.5. The van der Waals surface area contributed by atoms with Gasteiger partial charge in [0.1, 0.15) is 0 Å². The van der Waals surface area contributed by atoms with Crippen LogP contribution in [0.5, 0.6) is 0 Å². The predicted molar refractivity (Wildman–Crippen MR) is 133 cm³/mol. The van der Waals surface area contributed by atoms with Gasteiger partial charge in [-0.25, -0.2) is 8.42 Å². The average molecular weight is 534 g/mol. The number of benzene rings is 3. The third kappa shape index (κ3) is 6.45. The third-order valence-corrected chi connectivity index (χ3v) is 8.04. The Morgan fingerprint density at radius 2 is 1.62 bits per heavy atom. The summed E-state index contributed by atoms with van der Waals surface area (Å²) < 4.78 is 28.7. The maximum Gasteiger partial charge on any atom is 0.243 e. The van der Waals surface area contributed by atoms with Crippen molar-refractivity contribution in [3.05, 3.63) is 94.5 Å². The van der Waals surface area contributed by atoms with Gasteiger partial charge in [-0.2, -0.15) is 4.31 Å². The number of thioether (sulfide) groups is 1. The van der Waals surface area contributed by atoms with Gasteiger partial charge in [0.15, 0.2) is 0 Å². The van der Waals surface area contributed by atoms with Crippen molar-refractivity contribution >= 4 is 43.6 Å². The number of carbonyl (C=O) groups excluding carboxylic acids is 1. The minimum absolute atomic E-state index is 0.101. The lowest BCUT2D eigenvalue weighted by Crippen LogP contribution is -2.41. The van der Waals surface area contributed by atoms with Crippen LogP contribution >= 0.6 is 27.7 Å². The van der Waals surface area contributed by atoms with Crippen LogP contribution in [0.1, 0.15) is 24.1 Å². The molecule has 0 saturated carbocycles. The summed E-state index contributed by atoms with van der Waals surface area (Å²) in [7, 11) is -3.87. The smallest absolute Gasteiger partial charge is 0.243 e. The summed E-state index contributed by atoms with van der Waals surface area (Å²) in [6, 6.07) is 23.4. The molecule has 0 heterocycles. The van der Waals surface area contributed by atoms with Gasteiger partial charge in [-0.05, 0) is 60.7 Å². The quantitative estimate of drug-likeness (QED) is 0.382. The Balaban J connectivity index is 1.79. The van der Waals surface area contributed by atoms with E-state index in [1.165, 1.54) is 16.4 Å². The molecule has 3 aromatic rings. The van der Waals surface area contributed by atoms with E-state index < -0.39 is 10.0 Å². The molecule has 32 heavy (non-hydrogen) atoms. The molecule has 1 N–H and O–H groups in total. The molecule has 0 aliphatic rings. The standard InChI is InChI=1S/C24H25BrN2O3S2/c1-18(20-8-12-22(31-2)13-9-20)26-24(28)17-27(16-19-6-4-3-5-7-19)32(29,30)23-14-10-21(25)11-15-23/h3-15,18H,16-17H2,1-2H3,(H,26,28). The lowest BCUT2D eigenvalue weighted by molar-refractivity contribution is -0.122. The zero-order chi connectivity index (χ0) is 23.1. The summed E-state index contributed by atoms with van der Waals surface area (Å²) in [5.74, 6) is -0.358. The molecule has 3 aromatic carbocycles. The first-order chi connectivity index (χ1) is 15.3. The van der Waals surface area contributed by atoms with E-state index in [4.69, 9.17) is 0 Å². The fourth-order valence-electron chi connectivity index (χ4n) is 3.19. The Kier molecular flexibility index (Phi) is 8.53. The number of halogens is 1. The summed E-state index contributed by atoms with van der Waals surface area (Å²) in [4.78, 5) is 14.1. The van der Waals surface area contributed by atoms with E-state index in [1.54, 1.807) is 23.9 Å². The molecule has 0 bridgehead atoms. The van der Waals surface area contributed by atoms with E-state index >= 15 is 0 Å². The number of hydrogen-bond acceptors (Lipinski definition) is 4. The van der Waals surface area contributed by atoms with Gasteiger partial charge in [-0.15, -0.1) is 11.8 Å². The van der Waals surface area contributed by atoms with Gasteiger partial charge in [0.2, 0.25) is 15.9 Å². The Labute approximate surface area is 202 Å². The summed E-state index contributed by atoms with van der Waals surface area (Å²) in [5, 5.41) is 2.92. The third-order valence-electron chi connectivity index (χ3n) is 4.97. The molecule has 1 atom stereocenters. The highest BCUT2D eigenvalue weighted by atomic mass is 79.9. The molecule has 0 aromatic heterocycles. The lowest BCUT2D eigenvalue weighted by Gasteiger charge is -2.23. The van der Waals surface area contributed by atoms with Crippen LogP contribution < -0.4 is 5.32 Å². The molecule has 0 aliphatic carbocycles. The fraction of sp³-hybridized carbons (Fsp3) is 0.208. The van der Waals surface area contributed by atoms with Gasteiger partial charge in [-0.3, -0.25) is 4.79 Å². The number of nitrogens with zero attached hydrogens (tertiary/aromatic N) is 1. The monoisotopic (exact) mass is 532 g/mol. The number of sulfonamides is 1. The van der Waals surface area contributed by atoms with E-state index in [-0.39, 0.29) is 29.9 Å². The second-order valence-electron chi connectivity index (χ2n) is 7.27. The van der Waals surface area contributed by atoms with Crippen LogP contribution in [-0.2, 0) is 21.4 Å². The van der Waals surface area contributed by atoms with Gasteiger partial charge in [-0.1, -0.05) is 58.4 Å². The van der Waals surface area contributed by atoms with Crippen molar-refractivity contribution in [3.63, 3.8) is 0 Å². The first-order valence-electron chi connectivity index (χ1n) is 10.0. The summed E-state index contributed by atoms with van der Waals surface area (Å²) >= 11 is 4.98. The summed E-state index contributed by atoms with van der Waals surface area (Å²) in [5.41, 5.74) is 1.77. The van der Waals surface area contributed by atoms with Crippen LogP contribution in [0.3, 0.4) is 0 Å². The first-order valence-corrected chi connectivity index (χ1v) is 13.5. The van der Waals surface area contributed by atoms with Crippen LogP contribution in [0.4, 0.5) is 0 Å². The van der Waals surface area contributed by atoms with Crippen molar-refractivity contribution in [2.45, 2.75) is 29.3 Å². The zero-order valence-electron chi connectivity index (χ0n) is 17.9. The Morgan fingerprint density at radius 1 is 1.00 bits per heavy atom. The summed E-state index contributed by atoms with van der Waals surface area (Å²) in [6.07, 6.45) is 2.01. The number of rotatable bonds is 9. The SMILES string of the molecule is CSc1ccc(C(C)NC(=O)CN(Cc2ccccc2)S(=O)(=O)c2ccc(Br)cc2)cc1. The highest BCUT2D eigenvalue weighted by molar-refractivity contribution is 9.10. The molecule has 3 rings (SSSR count). The van der Waals surface area contributed by atoms with Crippen molar-refractivity contribution < 1.29 is 13.2 Å². The van der Waals surface area contributed by atoms with Gasteiger partial charge in [0.05, 0.1) is 17.5 Å². The maximum atomic E-state index is 13.3. The molecule has 0 spiro atoms. The van der Waals surface area contributed by atoms with Gasteiger partial charge in [0, 0.05) is 15.9 Å². The molecular formula is C24H25BrN2O3S2. The molecule has 0 radical (unpaired) electrons. The minimum atomic E-state index is -3.87.